The number of para-hydroxylation sites is 2. The van der Waals surface area contributed by atoms with E-state index < -0.39 is 0 Å². The Morgan fingerprint density at radius 3 is 2.85 bits per heavy atom. The predicted octanol–water partition coefficient (Wildman–Crippen LogP) is 3.49. The van der Waals surface area contributed by atoms with Gasteiger partial charge in [-0.25, -0.2) is 4.98 Å². The summed E-state index contributed by atoms with van der Waals surface area (Å²) >= 11 is 6.13. The Morgan fingerprint density at radius 2 is 1.95 bits per heavy atom. The van der Waals surface area contributed by atoms with Crippen LogP contribution in [0.5, 0.6) is 0 Å². The van der Waals surface area contributed by atoms with E-state index >= 15 is 0 Å². The lowest BCUT2D eigenvalue weighted by molar-refractivity contribution is 0.614. The van der Waals surface area contributed by atoms with Gasteiger partial charge >= 0.3 is 0 Å². The summed E-state index contributed by atoms with van der Waals surface area (Å²) in [5, 5.41) is 0.488. The quantitative estimate of drug-likeness (QED) is 0.366. The van der Waals surface area contributed by atoms with Crippen molar-refractivity contribution < 1.29 is 4.42 Å². The molecule has 96 valence electrons. The lowest BCUT2D eigenvalue weighted by Gasteiger charge is -2.09. The van der Waals surface area contributed by atoms with Crippen LogP contribution in [0.4, 0.5) is 0 Å². The van der Waals surface area contributed by atoms with Crippen LogP contribution in [-0.2, 0) is 0 Å². The first-order valence-electron chi connectivity index (χ1n) is 6.01. The largest absolute Gasteiger partial charge is 0.451 e. The van der Waals surface area contributed by atoms with Gasteiger partial charge in [0.05, 0.1) is 5.39 Å². The maximum Gasteiger partial charge on any atom is 0.210 e. The average molecular weight is 283 g/mol. The second-order valence-electron chi connectivity index (χ2n) is 4.40. The molecule has 4 rings (SSSR count). The number of rotatable bonds is 0. The van der Waals surface area contributed by atoms with Crippen LogP contribution in [0.2, 0.25) is 5.02 Å². The van der Waals surface area contributed by atoms with Crippen LogP contribution in [0, 0.1) is 0 Å². The Kier molecular flexibility index (Phi) is 2.28. The van der Waals surface area contributed by atoms with Crippen LogP contribution < -0.4 is 5.43 Å². The first kappa shape index (κ1) is 11.4. The molecular formula is C15H7ClN2O2. The van der Waals surface area contributed by atoms with Gasteiger partial charge in [-0.05, 0) is 24.3 Å². The Morgan fingerprint density at radius 1 is 1.10 bits per heavy atom. The Bertz CT molecular complexity index is 994. The van der Waals surface area contributed by atoms with Crippen molar-refractivity contribution in [2.24, 2.45) is 0 Å². The van der Waals surface area contributed by atoms with Crippen LogP contribution in [0.25, 0.3) is 33.5 Å². The molecule has 2 aliphatic rings. The van der Waals surface area contributed by atoms with Gasteiger partial charge in [0, 0.05) is 6.20 Å². The lowest BCUT2D eigenvalue weighted by Crippen LogP contribution is -2.07. The van der Waals surface area contributed by atoms with Crippen LogP contribution in [0.1, 0.15) is 0 Å². The number of nitrogens with zero attached hydrogens (tertiary/aromatic N) is 2. The fourth-order valence-corrected chi connectivity index (χ4v) is 2.50. The second-order valence-corrected chi connectivity index (χ2v) is 4.78. The first-order chi connectivity index (χ1) is 9.75. The molecule has 0 bridgehead atoms. The van der Waals surface area contributed by atoms with Crippen molar-refractivity contribution in [1.82, 2.24) is 9.97 Å². The normalized spacial score (nSPS) is 11.4. The van der Waals surface area contributed by atoms with Gasteiger partial charge in [-0.15, -0.1) is 0 Å². The van der Waals surface area contributed by atoms with E-state index in [2.05, 4.69) is 9.97 Å². The molecule has 2 heterocycles. The number of pyridine rings is 1. The molecule has 1 aliphatic heterocycles. The van der Waals surface area contributed by atoms with Crippen molar-refractivity contribution in [3.8, 4) is 11.5 Å². The molecule has 0 N–H and O–H groups in total. The van der Waals surface area contributed by atoms with E-state index in [-0.39, 0.29) is 16.2 Å². The number of halogens is 1. The summed E-state index contributed by atoms with van der Waals surface area (Å²) in [6.45, 7) is 0. The van der Waals surface area contributed by atoms with Gasteiger partial charge in [-0.2, -0.15) is 0 Å². The molecule has 0 spiro atoms. The topological polar surface area (TPSA) is 56.0 Å². The monoisotopic (exact) mass is 282 g/mol. The molecule has 0 unspecified atom stereocenters. The van der Waals surface area contributed by atoms with E-state index in [1.165, 1.54) is 0 Å². The van der Waals surface area contributed by atoms with E-state index in [1.54, 1.807) is 24.4 Å². The highest BCUT2D eigenvalue weighted by Crippen LogP contribution is 2.33. The minimum atomic E-state index is -0.289. The van der Waals surface area contributed by atoms with Crippen LogP contribution in [-0.4, -0.2) is 9.97 Å². The van der Waals surface area contributed by atoms with E-state index in [0.717, 1.165) is 0 Å². The highest BCUT2D eigenvalue weighted by atomic mass is 35.5. The standard InChI is InChI=1S/C15H7ClN2O2/c16-11-14(19)8-4-3-7-17-12(8)13-15(11)20-10-6-2-1-5-9(10)18-13/h1-7H. The Hall–Kier alpha value is -2.46. The van der Waals surface area contributed by atoms with Gasteiger partial charge < -0.3 is 4.42 Å². The molecule has 20 heavy (non-hydrogen) atoms. The zero-order valence-electron chi connectivity index (χ0n) is 10.1. The fraction of sp³-hybridized carbons (Fsp3) is 0. The minimum Gasteiger partial charge on any atom is -0.451 e. The van der Waals surface area contributed by atoms with Gasteiger partial charge in [0.2, 0.25) is 5.43 Å². The number of hydrogen-bond acceptors (Lipinski definition) is 4. The van der Waals surface area contributed by atoms with Crippen molar-refractivity contribution in [3.05, 3.63) is 57.8 Å². The number of hydrogen-bond donors (Lipinski definition) is 0. The molecule has 0 amide bonds. The molecule has 0 fully saturated rings. The Labute approximate surface area is 118 Å². The molecule has 1 aromatic heterocycles. The highest BCUT2D eigenvalue weighted by molar-refractivity contribution is 6.34. The summed E-state index contributed by atoms with van der Waals surface area (Å²) in [4.78, 5) is 21.0. The molecule has 0 radical (unpaired) electrons. The van der Waals surface area contributed by atoms with Crippen LogP contribution >= 0.6 is 11.6 Å². The van der Waals surface area contributed by atoms with Crippen molar-refractivity contribution in [2.45, 2.75) is 0 Å². The molecule has 2 aromatic rings. The molecule has 4 nitrogen and oxygen atoms in total. The van der Waals surface area contributed by atoms with Crippen LogP contribution in [0.15, 0.2) is 51.8 Å². The van der Waals surface area contributed by atoms with Gasteiger partial charge in [0.1, 0.15) is 21.7 Å². The third-order valence-electron chi connectivity index (χ3n) is 3.20. The number of aromatic nitrogens is 2. The van der Waals surface area contributed by atoms with Crippen molar-refractivity contribution in [1.29, 1.82) is 0 Å². The first-order valence-corrected chi connectivity index (χ1v) is 6.39. The Balaban J connectivity index is 2.34. The molecule has 0 atom stereocenters. The second kappa shape index (κ2) is 4.02. The zero-order valence-corrected chi connectivity index (χ0v) is 10.9. The summed E-state index contributed by atoms with van der Waals surface area (Å²) in [5.74, 6) is 0.279. The maximum atomic E-state index is 12.2. The summed E-state index contributed by atoms with van der Waals surface area (Å²) in [5.41, 5.74) is 2.00. The molecule has 0 saturated carbocycles. The predicted molar refractivity (Wildman–Crippen MR) is 77.2 cm³/mol. The average Bonchev–Trinajstić information content (AvgIpc) is 2.51. The van der Waals surface area contributed by atoms with Gasteiger partial charge in [-0.3, -0.25) is 9.78 Å². The van der Waals surface area contributed by atoms with Crippen molar-refractivity contribution in [3.63, 3.8) is 0 Å². The van der Waals surface area contributed by atoms with Gasteiger partial charge in [-0.1, -0.05) is 23.7 Å². The van der Waals surface area contributed by atoms with E-state index in [9.17, 15) is 4.79 Å². The molecule has 1 aliphatic carbocycles. The summed E-state index contributed by atoms with van der Waals surface area (Å²) in [7, 11) is 0. The van der Waals surface area contributed by atoms with Gasteiger partial charge in [0.15, 0.2) is 11.3 Å². The molecule has 0 saturated heterocycles. The summed E-state index contributed by atoms with van der Waals surface area (Å²) in [6.07, 6.45) is 1.62. The molecule has 5 heteroatoms. The third kappa shape index (κ3) is 1.45. The number of benzene rings is 2. The van der Waals surface area contributed by atoms with Crippen molar-refractivity contribution >= 4 is 33.6 Å². The zero-order chi connectivity index (χ0) is 13.7. The molecule has 1 aromatic carbocycles. The van der Waals surface area contributed by atoms with Gasteiger partial charge in [0.25, 0.3) is 0 Å². The van der Waals surface area contributed by atoms with Crippen molar-refractivity contribution in [2.75, 3.05) is 0 Å². The summed E-state index contributed by atoms with van der Waals surface area (Å²) < 4.78 is 5.73. The third-order valence-corrected chi connectivity index (χ3v) is 3.54. The minimum absolute atomic E-state index is 0.0405. The molecular weight excluding hydrogens is 276 g/mol. The van der Waals surface area contributed by atoms with E-state index in [0.29, 0.717) is 27.7 Å². The van der Waals surface area contributed by atoms with Crippen LogP contribution in [0.3, 0.4) is 0 Å². The highest BCUT2D eigenvalue weighted by Gasteiger charge is 2.21. The summed E-state index contributed by atoms with van der Waals surface area (Å²) in [6, 6.07) is 10.7. The fourth-order valence-electron chi connectivity index (χ4n) is 2.27. The maximum absolute atomic E-state index is 12.2. The lowest BCUT2D eigenvalue weighted by atomic mass is 10.1. The smallest absolute Gasteiger partial charge is 0.210 e. The van der Waals surface area contributed by atoms with E-state index in [1.807, 2.05) is 18.2 Å². The SMILES string of the molecule is O=c1c(Cl)c2oc3ccccc3nc-2c2ncccc12. The number of fused-ring (bicyclic) bond motifs is 4. The van der Waals surface area contributed by atoms with E-state index in [4.69, 9.17) is 16.0 Å².